The highest BCUT2D eigenvalue weighted by atomic mass is 16.5. The van der Waals surface area contributed by atoms with Crippen LogP contribution in [-0.4, -0.2) is 28.8 Å². The molecule has 0 radical (unpaired) electrons. The third-order valence-corrected chi connectivity index (χ3v) is 2.50. The van der Waals surface area contributed by atoms with Crippen molar-refractivity contribution in [2.75, 3.05) is 19.0 Å². The van der Waals surface area contributed by atoms with Crippen LogP contribution in [0.15, 0.2) is 22.9 Å². The number of ether oxygens (including phenoxy) is 1. The first-order chi connectivity index (χ1) is 9.17. The quantitative estimate of drug-likeness (QED) is 0.859. The molecule has 6 nitrogen and oxygen atoms in total. The maximum absolute atomic E-state index is 5.11. The molecule has 0 bridgehead atoms. The summed E-state index contributed by atoms with van der Waals surface area (Å²) in [6.07, 6.45) is 2.33. The molecule has 2 heterocycles. The lowest BCUT2D eigenvalue weighted by atomic mass is 10.2. The van der Waals surface area contributed by atoms with Crippen molar-refractivity contribution in [1.82, 2.24) is 15.1 Å². The van der Waals surface area contributed by atoms with Gasteiger partial charge in [-0.1, -0.05) is 25.1 Å². The normalized spacial score (nSPS) is 10.7. The van der Waals surface area contributed by atoms with Crippen molar-refractivity contribution in [1.29, 1.82) is 0 Å². The number of methoxy groups -OCH3 is 1. The van der Waals surface area contributed by atoms with Gasteiger partial charge in [0.05, 0.1) is 7.11 Å². The van der Waals surface area contributed by atoms with E-state index in [2.05, 4.69) is 34.3 Å². The maximum atomic E-state index is 5.11. The first kappa shape index (κ1) is 13.3. The minimum Gasteiger partial charge on any atom is -0.481 e. The van der Waals surface area contributed by atoms with Gasteiger partial charge in [0, 0.05) is 25.2 Å². The molecule has 0 spiro atoms. The van der Waals surface area contributed by atoms with Gasteiger partial charge in [0.1, 0.15) is 0 Å². The Hall–Kier alpha value is -2.11. The average Bonchev–Trinajstić information content (AvgIpc) is 2.85. The van der Waals surface area contributed by atoms with Crippen LogP contribution in [0.2, 0.25) is 0 Å². The van der Waals surface area contributed by atoms with Crippen molar-refractivity contribution in [3.8, 4) is 5.88 Å². The standard InChI is InChI=1S/C13H18N4O2/c1-9(2)7-15-13-16-11(17-19-13)6-10-4-5-12(18-3)14-8-10/h4-5,8-9H,6-7H2,1-3H3,(H,15,16,17). The van der Waals surface area contributed by atoms with Crippen LogP contribution < -0.4 is 10.1 Å². The highest BCUT2D eigenvalue weighted by Crippen LogP contribution is 2.11. The SMILES string of the molecule is COc1ccc(Cc2noc(NCC(C)C)n2)cn1. The van der Waals surface area contributed by atoms with Crippen LogP contribution in [0.5, 0.6) is 5.88 Å². The van der Waals surface area contributed by atoms with Crippen molar-refractivity contribution in [3.63, 3.8) is 0 Å². The molecule has 102 valence electrons. The van der Waals surface area contributed by atoms with Crippen LogP contribution in [0.1, 0.15) is 25.2 Å². The molecular weight excluding hydrogens is 244 g/mol. The number of aromatic nitrogens is 3. The Morgan fingerprint density at radius 2 is 2.21 bits per heavy atom. The van der Waals surface area contributed by atoms with Crippen LogP contribution in [0.25, 0.3) is 0 Å². The van der Waals surface area contributed by atoms with Gasteiger partial charge >= 0.3 is 6.01 Å². The Bertz CT molecular complexity index is 508. The lowest BCUT2D eigenvalue weighted by molar-refractivity contribution is 0.397. The summed E-state index contributed by atoms with van der Waals surface area (Å²) in [7, 11) is 1.59. The van der Waals surface area contributed by atoms with Gasteiger partial charge in [-0.25, -0.2) is 4.98 Å². The zero-order chi connectivity index (χ0) is 13.7. The molecule has 19 heavy (non-hydrogen) atoms. The fourth-order valence-electron chi connectivity index (χ4n) is 1.51. The second-order valence-electron chi connectivity index (χ2n) is 4.68. The van der Waals surface area contributed by atoms with E-state index in [0.29, 0.717) is 30.1 Å². The second kappa shape index (κ2) is 6.17. The van der Waals surface area contributed by atoms with Gasteiger partial charge < -0.3 is 14.6 Å². The maximum Gasteiger partial charge on any atom is 0.321 e. The van der Waals surface area contributed by atoms with E-state index in [1.807, 2.05) is 12.1 Å². The Morgan fingerprint density at radius 1 is 1.37 bits per heavy atom. The Morgan fingerprint density at radius 3 is 2.84 bits per heavy atom. The van der Waals surface area contributed by atoms with E-state index < -0.39 is 0 Å². The molecule has 0 aromatic carbocycles. The summed E-state index contributed by atoms with van der Waals surface area (Å²) in [4.78, 5) is 8.41. The molecule has 0 fully saturated rings. The summed E-state index contributed by atoms with van der Waals surface area (Å²) in [5, 5.41) is 7.02. The van der Waals surface area contributed by atoms with Crippen LogP contribution in [0.4, 0.5) is 6.01 Å². The van der Waals surface area contributed by atoms with E-state index in [-0.39, 0.29) is 0 Å². The summed E-state index contributed by atoms with van der Waals surface area (Å²) in [5.41, 5.74) is 1.01. The van der Waals surface area contributed by atoms with E-state index in [0.717, 1.165) is 12.1 Å². The summed E-state index contributed by atoms with van der Waals surface area (Å²) in [6.45, 7) is 5.05. The number of anilines is 1. The molecule has 0 amide bonds. The zero-order valence-corrected chi connectivity index (χ0v) is 11.4. The van der Waals surface area contributed by atoms with Gasteiger partial charge in [-0.3, -0.25) is 0 Å². The first-order valence-corrected chi connectivity index (χ1v) is 6.22. The summed E-state index contributed by atoms with van der Waals surface area (Å²) in [6, 6.07) is 4.21. The van der Waals surface area contributed by atoms with Gasteiger partial charge in [0.25, 0.3) is 0 Å². The van der Waals surface area contributed by atoms with Crippen molar-refractivity contribution >= 4 is 6.01 Å². The van der Waals surface area contributed by atoms with E-state index in [9.17, 15) is 0 Å². The first-order valence-electron chi connectivity index (χ1n) is 6.22. The lowest BCUT2D eigenvalue weighted by Gasteiger charge is -2.02. The topological polar surface area (TPSA) is 73.1 Å². The van der Waals surface area contributed by atoms with Gasteiger partial charge in [-0.15, -0.1) is 0 Å². The molecule has 1 N–H and O–H groups in total. The highest BCUT2D eigenvalue weighted by molar-refractivity contribution is 5.23. The summed E-state index contributed by atoms with van der Waals surface area (Å²) < 4.78 is 10.1. The molecule has 0 unspecified atom stereocenters. The fourth-order valence-corrected chi connectivity index (χ4v) is 1.51. The molecule has 0 aliphatic rings. The van der Waals surface area contributed by atoms with E-state index in [1.165, 1.54) is 0 Å². The van der Waals surface area contributed by atoms with Crippen LogP contribution >= 0.6 is 0 Å². The highest BCUT2D eigenvalue weighted by Gasteiger charge is 2.07. The molecule has 0 saturated carbocycles. The molecular formula is C13H18N4O2. The van der Waals surface area contributed by atoms with Crippen molar-refractivity contribution in [2.24, 2.45) is 5.92 Å². The fraction of sp³-hybridized carbons (Fsp3) is 0.462. The van der Waals surface area contributed by atoms with Gasteiger partial charge in [0.2, 0.25) is 5.88 Å². The number of pyridine rings is 1. The van der Waals surface area contributed by atoms with E-state index in [4.69, 9.17) is 9.26 Å². The lowest BCUT2D eigenvalue weighted by Crippen LogP contribution is -2.08. The largest absolute Gasteiger partial charge is 0.481 e. The van der Waals surface area contributed by atoms with E-state index in [1.54, 1.807) is 13.3 Å². The van der Waals surface area contributed by atoms with Crippen LogP contribution in [0, 0.1) is 5.92 Å². The molecule has 0 atom stereocenters. The molecule has 2 rings (SSSR count). The van der Waals surface area contributed by atoms with Gasteiger partial charge in [-0.2, -0.15) is 4.98 Å². The van der Waals surface area contributed by atoms with Crippen molar-refractivity contribution in [2.45, 2.75) is 20.3 Å². The summed E-state index contributed by atoms with van der Waals surface area (Å²) >= 11 is 0. The molecule has 2 aromatic rings. The van der Waals surface area contributed by atoms with Crippen LogP contribution in [0.3, 0.4) is 0 Å². The molecule has 2 aromatic heterocycles. The second-order valence-corrected chi connectivity index (χ2v) is 4.68. The monoisotopic (exact) mass is 262 g/mol. The minimum absolute atomic E-state index is 0.463. The number of hydrogen-bond donors (Lipinski definition) is 1. The molecule has 0 saturated heterocycles. The van der Waals surface area contributed by atoms with E-state index >= 15 is 0 Å². The van der Waals surface area contributed by atoms with Crippen molar-refractivity contribution < 1.29 is 9.26 Å². The number of rotatable bonds is 6. The third kappa shape index (κ3) is 3.94. The zero-order valence-electron chi connectivity index (χ0n) is 11.4. The number of hydrogen-bond acceptors (Lipinski definition) is 6. The molecule has 0 aliphatic carbocycles. The van der Waals surface area contributed by atoms with Crippen LogP contribution in [-0.2, 0) is 6.42 Å². The average molecular weight is 262 g/mol. The smallest absolute Gasteiger partial charge is 0.321 e. The predicted octanol–water partition coefficient (Wildman–Crippen LogP) is 2.13. The third-order valence-electron chi connectivity index (χ3n) is 2.50. The minimum atomic E-state index is 0.463. The molecule has 0 aliphatic heterocycles. The predicted molar refractivity (Wildman–Crippen MR) is 71.2 cm³/mol. The number of nitrogens with one attached hydrogen (secondary N) is 1. The Labute approximate surface area is 112 Å². The Balaban J connectivity index is 1.95. The number of nitrogens with zero attached hydrogens (tertiary/aromatic N) is 3. The molecule has 6 heteroatoms. The van der Waals surface area contributed by atoms with Gasteiger partial charge in [-0.05, 0) is 11.5 Å². The van der Waals surface area contributed by atoms with Crippen molar-refractivity contribution in [3.05, 3.63) is 29.7 Å². The summed E-state index contributed by atoms with van der Waals surface area (Å²) in [5.74, 6) is 1.76. The Kier molecular flexibility index (Phi) is 4.33. The van der Waals surface area contributed by atoms with Gasteiger partial charge in [0.15, 0.2) is 5.82 Å².